The van der Waals surface area contributed by atoms with Crippen LogP contribution in [0.5, 0.6) is 0 Å². The zero-order valence-corrected chi connectivity index (χ0v) is 11.9. The van der Waals surface area contributed by atoms with Gasteiger partial charge >= 0.3 is 0 Å². The number of fused-ring (bicyclic) bond motifs is 1. The number of H-pyrrole nitrogens is 1. The van der Waals surface area contributed by atoms with E-state index in [0.717, 1.165) is 11.1 Å². The van der Waals surface area contributed by atoms with E-state index >= 15 is 0 Å². The number of pyridine rings is 1. The van der Waals surface area contributed by atoms with Gasteiger partial charge in [0.25, 0.3) is 0 Å². The number of nitrogens with zero attached hydrogens (tertiary/aromatic N) is 1. The van der Waals surface area contributed by atoms with E-state index in [2.05, 4.69) is 60.9 Å². The number of hydrogen-bond acceptors (Lipinski definition) is 1. The van der Waals surface area contributed by atoms with Crippen molar-refractivity contribution >= 4 is 16.5 Å². The van der Waals surface area contributed by atoms with Crippen molar-refractivity contribution in [3.63, 3.8) is 0 Å². The van der Waals surface area contributed by atoms with Gasteiger partial charge in [-0.25, -0.2) is 0 Å². The number of rotatable bonds is 3. The van der Waals surface area contributed by atoms with E-state index in [-0.39, 0.29) is 5.92 Å². The summed E-state index contributed by atoms with van der Waals surface area (Å²) in [6.07, 6.45) is 5.77. The van der Waals surface area contributed by atoms with Gasteiger partial charge < -0.3 is 4.98 Å². The van der Waals surface area contributed by atoms with Gasteiger partial charge in [0.05, 0.1) is 0 Å². The van der Waals surface area contributed by atoms with Crippen LogP contribution in [0, 0.1) is 6.92 Å². The van der Waals surface area contributed by atoms with E-state index in [1.807, 2.05) is 12.3 Å². The Labute approximate surface area is 119 Å². The van der Waals surface area contributed by atoms with Crippen LogP contribution in [-0.4, -0.2) is 9.97 Å². The molecule has 3 aromatic rings. The largest absolute Gasteiger partial charge is 0.361 e. The topological polar surface area (TPSA) is 28.7 Å². The number of allylic oxidation sites excluding steroid dienone is 1. The first-order valence-corrected chi connectivity index (χ1v) is 6.83. The Hall–Kier alpha value is -2.35. The van der Waals surface area contributed by atoms with E-state index < -0.39 is 0 Å². The lowest BCUT2D eigenvalue weighted by Crippen LogP contribution is -1.96. The number of aromatic amines is 1. The zero-order valence-electron chi connectivity index (χ0n) is 11.9. The van der Waals surface area contributed by atoms with Crippen molar-refractivity contribution in [3.8, 4) is 0 Å². The summed E-state index contributed by atoms with van der Waals surface area (Å²) in [5.41, 5.74) is 5.93. The van der Waals surface area contributed by atoms with Gasteiger partial charge in [-0.05, 0) is 36.3 Å². The maximum absolute atomic E-state index is 4.31. The summed E-state index contributed by atoms with van der Waals surface area (Å²) < 4.78 is 0. The molecule has 0 fully saturated rings. The second kappa shape index (κ2) is 4.97. The fourth-order valence-electron chi connectivity index (χ4n) is 2.57. The smallest absolute Gasteiger partial charge is 0.0460 e. The zero-order chi connectivity index (χ0) is 14.1. The maximum atomic E-state index is 4.31. The Bertz CT molecular complexity index is 753. The summed E-state index contributed by atoms with van der Waals surface area (Å²) in [6, 6.07) is 10.5. The summed E-state index contributed by atoms with van der Waals surface area (Å²) in [7, 11) is 0. The van der Waals surface area contributed by atoms with Gasteiger partial charge in [0, 0.05) is 41.0 Å². The molecule has 2 nitrogen and oxygen atoms in total. The van der Waals surface area contributed by atoms with Crippen LogP contribution in [0.2, 0.25) is 0 Å². The molecule has 0 aliphatic rings. The number of aromatic nitrogens is 2. The quantitative estimate of drug-likeness (QED) is 0.729. The van der Waals surface area contributed by atoms with Crippen LogP contribution < -0.4 is 0 Å². The summed E-state index contributed by atoms with van der Waals surface area (Å²) in [6.45, 7) is 8.59. The predicted molar refractivity (Wildman–Crippen MR) is 84.7 cm³/mol. The highest BCUT2D eigenvalue weighted by Gasteiger charge is 2.15. The van der Waals surface area contributed by atoms with E-state index in [4.69, 9.17) is 0 Å². The minimum absolute atomic E-state index is 0.253. The molecule has 0 radical (unpaired) electrons. The molecule has 100 valence electrons. The van der Waals surface area contributed by atoms with Gasteiger partial charge in [-0.3, -0.25) is 4.98 Å². The van der Waals surface area contributed by atoms with E-state index in [1.54, 1.807) is 6.20 Å². The second-order valence-corrected chi connectivity index (χ2v) is 5.28. The van der Waals surface area contributed by atoms with Crippen LogP contribution in [0.3, 0.4) is 0 Å². The molecule has 1 aromatic carbocycles. The lowest BCUT2D eigenvalue weighted by Gasteiger charge is -2.14. The van der Waals surface area contributed by atoms with E-state index in [0.29, 0.717) is 0 Å². The molecular formula is C18H18N2. The van der Waals surface area contributed by atoms with Crippen molar-refractivity contribution in [1.29, 1.82) is 0 Å². The highest BCUT2D eigenvalue weighted by molar-refractivity contribution is 5.93. The molecule has 0 aliphatic heterocycles. The molecule has 1 atom stereocenters. The molecule has 3 rings (SSSR count). The minimum atomic E-state index is 0.253. The van der Waals surface area contributed by atoms with E-state index in [1.165, 1.54) is 22.1 Å². The second-order valence-electron chi connectivity index (χ2n) is 5.28. The first kappa shape index (κ1) is 12.7. The van der Waals surface area contributed by atoms with Gasteiger partial charge in [0.2, 0.25) is 0 Å². The highest BCUT2D eigenvalue weighted by Crippen LogP contribution is 2.34. The predicted octanol–water partition coefficient (Wildman–Crippen LogP) is 4.69. The van der Waals surface area contributed by atoms with Crippen molar-refractivity contribution < 1.29 is 0 Å². The molecule has 0 spiro atoms. The fraction of sp³-hybridized carbons (Fsp3) is 0.167. The van der Waals surface area contributed by atoms with Crippen LogP contribution in [0.1, 0.15) is 29.5 Å². The Balaban J connectivity index is 2.03. The van der Waals surface area contributed by atoms with Gasteiger partial charge in [-0.2, -0.15) is 0 Å². The van der Waals surface area contributed by atoms with Gasteiger partial charge in [-0.1, -0.05) is 31.2 Å². The fourth-order valence-corrected chi connectivity index (χ4v) is 2.57. The Morgan fingerprint density at radius 2 is 2.15 bits per heavy atom. The highest BCUT2D eigenvalue weighted by atomic mass is 14.7. The number of aryl methyl sites for hydroxylation is 1. The molecule has 0 bridgehead atoms. The van der Waals surface area contributed by atoms with Gasteiger partial charge in [-0.15, -0.1) is 0 Å². The third-order valence-electron chi connectivity index (χ3n) is 3.89. The van der Waals surface area contributed by atoms with Crippen LogP contribution in [0.4, 0.5) is 0 Å². The van der Waals surface area contributed by atoms with Crippen LogP contribution >= 0.6 is 0 Å². The molecule has 0 saturated carbocycles. The molecule has 0 saturated heterocycles. The van der Waals surface area contributed by atoms with Crippen molar-refractivity contribution in [3.05, 3.63) is 72.2 Å². The van der Waals surface area contributed by atoms with Crippen molar-refractivity contribution in [2.75, 3.05) is 0 Å². The first-order chi connectivity index (χ1) is 9.66. The third kappa shape index (κ3) is 2.14. The molecule has 2 heteroatoms. The van der Waals surface area contributed by atoms with Crippen molar-refractivity contribution in [2.45, 2.75) is 19.8 Å². The number of benzene rings is 1. The van der Waals surface area contributed by atoms with Crippen molar-refractivity contribution in [1.82, 2.24) is 9.97 Å². The van der Waals surface area contributed by atoms with Gasteiger partial charge in [0.15, 0.2) is 0 Å². The maximum Gasteiger partial charge on any atom is 0.0460 e. The standard InChI is InChI=1S/C18H18N2/c1-12-6-7-18-16(9-12)17(11-20-18)14(3)13(2)15-5-4-8-19-10-15/h4-11,13,20H,3H2,1-2H3. The van der Waals surface area contributed by atoms with Crippen LogP contribution in [-0.2, 0) is 0 Å². The Morgan fingerprint density at radius 3 is 2.90 bits per heavy atom. The molecule has 2 aromatic heterocycles. The van der Waals surface area contributed by atoms with Crippen LogP contribution in [0.25, 0.3) is 16.5 Å². The molecular weight excluding hydrogens is 244 g/mol. The molecule has 1 unspecified atom stereocenters. The average molecular weight is 262 g/mol. The van der Waals surface area contributed by atoms with Gasteiger partial charge in [0.1, 0.15) is 0 Å². The lowest BCUT2D eigenvalue weighted by molar-refractivity contribution is 0.977. The third-order valence-corrected chi connectivity index (χ3v) is 3.89. The summed E-state index contributed by atoms with van der Waals surface area (Å²) >= 11 is 0. The lowest BCUT2D eigenvalue weighted by atomic mass is 9.90. The summed E-state index contributed by atoms with van der Waals surface area (Å²) in [5, 5.41) is 1.24. The Morgan fingerprint density at radius 1 is 1.30 bits per heavy atom. The average Bonchev–Trinajstić information content (AvgIpc) is 2.89. The summed E-state index contributed by atoms with van der Waals surface area (Å²) in [5.74, 6) is 0.253. The summed E-state index contributed by atoms with van der Waals surface area (Å²) in [4.78, 5) is 7.52. The monoisotopic (exact) mass is 262 g/mol. The number of nitrogens with one attached hydrogen (secondary N) is 1. The molecule has 0 amide bonds. The SMILES string of the molecule is C=C(c1c[nH]c2ccc(C)cc12)C(C)c1cccnc1. The van der Waals surface area contributed by atoms with Crippen molar-refractivity contribution in [2.24, 2.45) is 0 Å². The minimum Gasteiger partial charge on any atom is -0.361 e. The molecule has 20 heavy (non-hydrogen) atoms. The molecule has 2 heterocycles. The number of hydrogen-bond donors (Lipinski definition) is 1. The van der Waals surface area contributed by atoms with Crippen LogP contribution in [0.15, 0.2) is 55.5 Å². The van der Waals surface area contributed by atoms with E-state index in [9.17, 15) is 0 Å². The Kier molecular flexibility index (Phi) is 3.15. The first-order valence-electron chi connectivity index (χ1n) is 6.83. The normalized spacial score (nSPS) is 12.5. The molecule has 0 aliphatic carbocycles. The molecule has 1 N–H and O–H groups in total.